The lowest BCUT2D eigenvalue weighted by Crippen LogP contribution is -2.42. The molecule has 1 unspecified atom stereocenters. The number of hydrogen-bond acceptors (Lipinski definition) is 3. The molecule has 2 atom stereocenters. The van der Waals surface area contributed by atoms with Crippen LogP contribution in [0.15, 0.2) is 24.5 Å². The Kier molecular flexibility index (Phi) is 5.34. The van der Waals surface area contributed by atoms with Crippen molar-refractivity contribution >= 4 is 0 Å². The lowest BCUT2D eigenvalue weighted by molar-refractivity contribution is 0.165. The average Bonchev–Trinajstić information content (AvgIpc) is 2.48. The molecule has 1 aliphatic rings. The number of rotatable bonds is 5. The van der Waals surface area contributed by atoms with E-state index in [-0.39, 0.29) is 0 Å². The minimum absolute atomic E-state index is 0.405. The summed E-state index contributed by atoms with van der Waals surface area (Å²) < 4.78 is 0. The number of nitrogens with zero attached hydrogens (tertiary/aromatic N) is 2. The van der Waals surface area contributed by atoms with Crippen molar-refractivity contribution < 1.29 is 0 Å². The molecule has 2 rings (SSSR count). The first-order valence-corrected chi connectivity index (χ1v) is 7.59. The summed E-state index contributed by atoms with van der Waals surface area (Å²) in [6.45, 7) is 10.6. The molecule has 0 aliphatic carbocycles. The van der Waals surface area contributed by atoms with E-state index in [9.17, 15) is 0 Å². The molecule has 1 saturated heterocycles. The summed E-state index contributed by atoms with van der Waals surface area (Å²) in [7, 11) is 0. The first-order chi connectivity index (χ1) is 9.20. The summed E-state index contributed by atoms with van der Waals surface area (Å²) in [5.74, 6) is 0.812. The van der Waals surface area contributed by atoms with Gasteiger partial charge in [-0.25, -0.2) is 0 Å². The Bertz CT molecular complexity index is 358. The predicted octanol–water partition coefficient (Wildman–Crippen LogP) is 2.85. The normalized spacial score (nSPS) is 21.2. The maximum absolute atomic E-state index is 4.08. The van der Waals surface area contributed by atoms with Gasteiger partial charge in [-0.15, -0.1) is 0 Å². The molecular formula is C16H27N3. The molecule has 0 saturated carbocycles. The second-order valence-electron chi connectivity index (χ2n) is 5.73. The molecule has 0 amide bonds. The van der Waals surface area contributed by atoms with Crippen molar-refractivity contribution in [1.29, 1.82) is 0 Å². The molecule has 1 aromatic heterocycles. The van der Waals surface area contributed by atoms with Crippen molar-refractivity contribution in [1.82, 2.24) is 15.2 Å². The molecule has 1 N–H and O–H groups in total. The molecule has 1 aromatic rings. The van der Waals surface area contributed by atoms with Crippen LogP contribution in [0.3, 0.4) is 0 Å². The third-order valence-corrected chi connectivity index (χ3v) is 4.51. The Labute approximate surface area is 117 Å². The van der Waals surface area contributed by atoms with Crippen LogP contribution in [0.4, 0.5) is 0 Å². The number of pyridine rings is 1. The van der Waals surface area contributed by atoms with Crippen molar-refractivity contribution in [2.75, 3.05) is 19.6 Å². The Hall–Kier alpha value is -0.930. The molecular weight excluding hydrogens is 234 g/mol. The summed E-state index contributed by atoms with van der Waals surface area (Å²) in [5, 5.41) is 3.75. The fourth-order valence-corrected chi connectivity index (χ4v) is 3.05. The maximum Gasteiger partial charge on any atom is 0.0295 e. The van der Waals surface area contributed by atoms with E-state index < -0.39 is 0 Å². The Morgan fingerprint density at radius 1 is 1.26 bits per heavy atom. The second kappa shape index (κ2) is 7.01. The molecule has 0 bridgehead atoms. The molecule has 2 heterocycles. The summed E-state index contributed by atoms with van der Waals surface area (Å²) in [6, 6.07) is 5.19. The van der Waals surface area contributed by atoms with Gasteiger partial charge in [0, 0.05) is 24.5 Å². The minimum Gasteiger partial charge on any atom is -0.307 e. The van der Waals surface area contributed by atoms with Crippen LogP contribution >= 0.6 is 0 Å². The summed E-state index contributed by atoms with van der Waals surface area (Å²) in [4.78, 5) is 6.63. The highest BCUT2D eigenvalue weighted by atomic mass is 15.1. The first kappa shape index (κ1) is 14.5. The number of piperidine rings is 1. The van der Waals surface area contributed by atoms with Crippen LogP contribution in [0, 0.1) is 5.92 Å². The maximum atomic E-state index is 4.08. The molecule has 3 heteroatoms. The average molecular weight is 261 g/mol. The predicted molar refractivity (Wildman–Crippen MR) is 80.1 cm³/mol. The largest absolute Gasteiger partial charge is 0.307 e. The van der Waals surface area contributed by atoms with E-state index in [4.69, 9.17) is 0 Å². The third-order valence-electron chi connectivity index (χ3n) is 4.51. The fraction of sp³-hybridized carbons (Fsp3) is 0.688. The lowest BCUT2D eigenvalue weighted by atomic mass is 9.89. The zero-order chi connectivity index (χ0) is 13.7. The van der Waals surface area contributed by atoms with E-state index in [1.165, 1.54) is 38.0 Å². The highest BCUT2D eigenvalue weighted by Gasteiger charge is 2.24. The van der Waals surface area contributed by atoms with Gasteiger partial charge in [0.1, 0.15) is 0 Å². The Balaban J connectivity index is 1.83. The topological polar surface area (TPSA) is 28.2 Å². The third kappa shape index (κ3) is 4.02. The van der Waals surface area contributed by atoms with E-state index in [0.29, 0.717) is 12.1 Å². The smallest absolute Gasteiger partial charge is 0.0295 e. The van der Waals surface area contributed by atoms with Gasteiger partial charge in [-0.2, -0.15) is 0 Å². The lowest BCUT2D eigenvalue weighted by Gasteiger charge is -2.35. The second-order valence-corrected chi connectivity index (χ2v) is 5.73. The van der Waals surface area contributed by atoms with Crippen LogP contribution in [0.2, 0.25) is 0 Å². The number of likely N-dealkylation sites (tertiary alicyclic amines) is 1. The molecule has 3 nitrogen and oxygen atoms in total. The van der Waals surface area contributed by atoms with Gasteiger partial charge in [0.05, 0.1) is 0 Å². The standard InChI is InChI=1S/C16H27N3/c1-4-19-11-7-16(8-12-19)14(3)18-13(2)15-5-9-17-10-6-15/h5-6,9-10,13-14,16,18H,4,7-8,11-12H2,1-3H3/t13-,14?/m1/s1. The summed E-state index contributed by atoms with van der Waals surface area (Å²) >= 11 is 0. The summed E-state index contributed by atoms with van der Waals surface area (Å²) in [5.41, 5.74) is 1.33. The quantitative estimate of drug-likeness (QED) is 0.883. The van der Waals surface area contributed by atoms with Gasteiger partial charge in [-0.05, 0) is 69.9 Å². The Morgan fingerprint density at radius 2 is 1.89 bits per heavy atom. The molecule has 1 aliphatic heterocycles. The van der Waals surface area contributed by atoms with Crippen molar-refractivity contribution in [2.45, 2.75) is 45.7 Å². The highest BCUT2D eigenvalue weighted by Crippen LogP contribution is 2.22. The van der Waals surface area contributed by atoms with Crippen LogP contribution in [-0.4, -0.2) is 35.6 Å². The van der Waals surface area contributed by atoms with Crippen LogP contribution < -0.4 is 5.32 Å². The van der Waals surface area contributed by atoms with Crippen molar-refractivity contribution in [3.8, 4) is 0 Å². The van der Waals surface area contributed by atoms with Gasteiger partial charge in [0.25, 0.3) is 0 Å². The van der Waals surface area contributed by atoms with E-state index in [1.807, 2.05) is 12.4 Å². The van der Waals surface area contributed by atoms with Gasteiger partial charge in [-0.1, -0.05) is 6.92 Å². The van der Waals surface area contributed by atoms with Gasteiger partial charge in [0.2, 0.25) is 0 Å². The van der Waals surface area contributed by atoms with Crippen molar-refractivity contribution in [3.05, 3.63) is 30.1 Å². The first-order valence-electron chi connectivity index (χ1n) is 7.59. The fourth-order valence-electron chi connectivity index (χ4n) is 3.05. The number of aromatic nitrogens is 1. The highest BCUT2D eigenvalue weighted by molar-refractivity contribution is 5.14. The molecule has 19 heavy (non-hydrogen) atoms. The van der Waals surface area contributed by atoms with Crippen LogP contribution in [-0.2, 0) is 0 Å². The van der Waals surface area contributed by atoms with E-state index in [2.05, 4.69) is 48.1 Å². The molecule has 0 spiro atoms. The molecule has 1 fully saturated rings. The van der Waals surface area contributed by atoms with Crippen molar-refractivity contribution in [3.63, 3.8) is 0 Å². The van der Waals surface area contributed by atoms with E-state index >= 15 is 0 Å². The minimum atomic E-state index is 0.405. The van der Waals surface area contributed by atoms with Crippen LogP contribution in [0.25, 0.3) is 0 Å². The van der Waals surface area contributed by atoms with Gasteiger partial charge in [-0.3, -0.25) is 4.98 Å². The SMILES string of the molecule is CCN1CCC(C(C)N[C@H](C)c2ccncc2)CC1. The van der Waals surface area contributed by atoms with Crippen LogP contribution in [0.5, 0.6) is 0 Å². The van der Waals surface area contributed by atoms with Gasteiger partial charge >= 0.3 is 0 Å². The number of nitrogens with one attached hydrogen (secondary N) is 1. The van der Waals surface area contributed by atoms with Crippen LogP contribution in [0.1, 0.15) is 45.2 Å². The zero-order valence-electron chi connectivity index (χ0n) is 12.5. The summed E-state index contributed by atoms with van der Waals surface area (Å²) in [6.07, 6.45) is 6.39. The van der Waals surface area contributed by atoms with Crippen molar-refractivity contribution in [2.24, 2.45) is 5.92 Å². The van der Waals surface area contributed by atoms with Gasteiger partial charge < -0.3 is 10.2 Å². The van der Waals surface area contributed by atoms with E-state index in [0.717, 1.165) is 5.92 Å². The van der Waals surface area contributed by atoms with E-state index in [1.54, 1.807) is 0 Å². The molecule has 0 aromatic carbocycles. The monoisotopic (exact) mass is 261 g/mol. The molecule has 106 valence electrons. The molecule has 0 radical (unpaired) electrons. The zero-order valence-corrected chi connectivity index (χ0v) is 12.5. The number of hydrogen-bond donors (Lipinski definition) is 1. The Morgan fingerprint density at radius 3 is 2.47 bits per heavy atom. The van der Waals surface area contributed by atoms with Gasteiger partial charge in [0.15, 0.2) is 0 Å².